The number of rotatable bonds is 5. The number of para-hydroxylation sites is 1. The minimum absolute atomic E-state index is 0.114. The molecule has 0 radical (unpaired) electrons. The lowest BCUT2D eigenvalue weighted by atomic mass is 10.1. The van der Waals surface area contributed by atoms with Crippen LogP contribution in [0.25, 0.3) is 10.8 Å². The zero-order valence-electron chi connectivity index (χ0n) is 14.4. The summed E-state index contributed by atoms with van der Waals surface area (Å²) in [6.45, 7) is 1.23. The average Bonchev–Trinajstić information content (AvgIpc) is 3.41. The van der Waals surface area contributed by atoms with Gasteiger partial charge in [0.05, 0.1) is 23.7 Å². The van der Waals surface area contributed by atoms with Crippen LogP contribution in [0.15, 0.2) is 57.5 Å². The first-order valence-electron chi connectivity index (χ1n) is 8.49. The van der Waals surface area contributed by atoms with Gasteiger partial charge < -0.3 is 19.8 Å². The van der Waals surface area contributed by atoms with E-state index in [4.69, 9.17) is 9.15 Å². The van der Waals surface area contributed by atoms with Crippen molar-refractivity contribution in [2.45, 2.75) is 19.1 Å². The first kappa shape index (κ1) is 16.7. The van der Waals surface area contributed by atoms with Gasteiger partial charge in [-0.1, -0.05) is 24.3 Å². The maximum atomic E-state index is 5.94. The Morgan fingerprint density at radius 2 is 2.19 bits per heavy atom. The minimum Gasteiger partial charge on any atom is -0.488 e. The fourth-order valence-electron chi connectivity index (χ4n) is 2.87. The maximum absolute atomic E-state index is 5.94. The molecule has 0 fully saturated rings. The predicted octanol–water partition coefficient (Wildman–Crippen LogP) is 3.07. The summed E-state index contributed by atoms with van der Waals surface area (Å²) in [7, 11) is 1.75. The van der Waals surface area contributed by atoms with E-state index in [2.05, 4.69) is 26.7 Å². The van der Waals surface area contributed by atoms with Crippen LogP contribution in [-0.2, 0) is 13.0 Å². The van der Waals surface area contributed by atoms with Crippen molar-refractivity contribution in [1.29, 1.82) is 0 Å². The minimum atomic E-state index is 0.114. The van der Waals surface area contributed by atoms with Crippen molar-refractivity contribution >= 4 is 17.3 Å². The molecule has 2 aromatic heterocycles. The van der Waals surface area contributed by atoms with Gasteiger partial charge in [-0.05, 0) is 23.1 Å². The second-order valence-electron chi connectivity index (χ2n) is 5.98. The Morgan fingerprint density at radius 1 is 1.27 bits per heavy atom. The summed E-state index contributed by atoms with van der Waals surface area (Å²) in [5.41, 5.74) is 2.09. The van der Waals surface area contributed by atoms with Crippen LogP contribution >= 0.6 is 11.3 Å². The quantitative estimate of drug-likeness (QED) is 0.535. The second kappa shape index (κ2) is 7.61. The van der Waals surface area contributed by atoms with Crippen LogP contribution in [0.3, 0.4) is 0 Å². The Hall–Kier alpha value is -2.80. The molecule has 4 rings (SSSR count). The van der Waals surface area contributed by atoms with E-state index in [1.54, 1.807) is 24.6 Å². The molecule has 134 valence electrons. The molecular formula is C19H20N4O2S. The van der Waals surface area contributed by atoms with Crippen molar-refractivity contribution in [3.05, 3.63) is 59.3 Å². The van der Waals surface area contributed by atoms with Gasteiger partial charge in [0.2, 0.25) is 5.89 Å². The highest BCUT2D eigenvalue weighted by molar-refractivity contribution is 7.13. The molecule has 0 saturated heterocycles. The highest BCUT2D eigenvalue weighted by atomic mass is 32.1. The van der Waals surface area contributed by atoms with Gasteiger partial charge in [0, 0.05) is 13.5 Å². The Balaban J connectivity index is 1.27. The molecule has 0 aliphatic carbocycles. The third-order valence-electron chi connectivity index (χ3n) is 4.16. The number of oxazole rings is 1. The van der Waals surface area contributed by atoms with E-state index in [1.165, 1.54) is 5.56 Å². The van der Waals surface area contributed by atoms with Gasteiger partial charge in [0.15, 0.2) is 5.96 Å². The monoisotopic (exact) mass is 368 g/mol. The molecule has 0 bridgehead atoms. The molecule has 1 aromatic carbocycles. The van der Waals surface area contributed by atoms with E-state index >= 15 is 0 Å². The van der Waals surface area contributed by atoms with Crippen molar-refractivity contribution < 1.29 is 9.15 Å². The highest BCUT2D eigenvalue weighted by Crippen LogP contribution is 2.27. The van der Waals surface area contributed by atoms with Crippen LogP contribution < -0.4 is 15.4 Å². The van der Waals surface area contributed by atoms with E-state index in [1.807, 2.05) is 35.7 Å². The van der Waals surface area contributed by atoms with Gasteiger partial charge in [-0.2, -0.15) is 0 Å². The first-order valence-corrected chi connectivity index (χ1v) is 9.37. The number of aromatic nitrogens is 1. The van der Waals surface area contributed by atoms with Gasteiger partial charge in [-0.3, -0.25) is 4.99 Å². The first-order chi connectivity index (χ1) is 12.8. The van der Waals surface area contributed by atoms with Crippen LogP contribution in [0.5, 0.6) is 5.75 Å². The Labute approximate surface area is 155 Å². The lowest BCUT2D eigenvalue weighted by molar-refractivity contribution is 0.235. The summed E-state index contributed by atoms with van der Waals surface area (Å²) in [5.74, 6) is 2.34. The third kappa shape index (κ3) is 3.72. The lowest BCUT2D eigenvalue weighted by Gasteiger charge is -2.15. The fourth-order valence-corrected chi connectivity index (χ4v) is 3.53. The lowest BCUT2D eigenvalue weighted by Crippen LogP contribution is -2.42. The molecule has 3 aromatic rings. The van der Waals surface area contributed by atoms with Crippen molar-refractivity contribution in [3.8, 4) is 16.5 Å². The van der Waals surface area contributed by atoms with Crippen molar-refractivity contribution in [3.63, 3.8) is 0 Å². The molecule has 3 heterocycles. The Kier molecular flexibility index (Phi) is 4.88. The molecule has 1 unspecified atom stereocenters. The number of aliphatic imine (C=N–C) groups is 1. The predicted molar refractivity (Wildman–Crippen MR) is 103 cm³/mol. The summed E-state index contributed by atoms with van der Waals surface area (Å²) in [5, 5.41) is 8.57. The van der Waals surface area contributed by atoms with Gasteiger partial charge in [-0.25, -0.2) is 4.98 Å². The largest absolute Gasteiger partial charge is 0.488 e. The fraction of sp³-hybridized carbons (Fsp3) is 0.263. The van der Waals surface area contributed by atoms with Crippen molar-refractivity contribution in [1.82, 2.24) is 15.6 Å². The maximum Gasteiger partial charge on any atom is 0.236 e. The number of hydrogen-bond donors (Lipinski definition) is 2. The topological polar surface area (TPSA) is 71.7 Å². The van der Waals surface area contributed by atoms with Gasteiger partial charge in [0.25, 0.3) is 0 Å². The van der Waals surface area contributed by atoms with Gasteiger partial charge >= 0.3 is 0 Å². The van der Waals surface area contributed by atoms with E-state index < -0.39 is 0 Å². The van der Waals surface area contributed by atoms with E-state index in [0.717, 1.165) is 22.7 Å². The molecule has 7 heteroatoms. The molecule has 2 N–H and O–H groups in total. The van der Waals surface area contributed by atoms with E-state index in [-0.39, 0.29) is 6.10 Å². The van der Waals surface area contributed by atoms with Crippen molar-refractivity contribution in [2.75, 3.05) is 13.6 Å². The summed E-state index contributed by atoms with van der Waals surface area (Å²) in [4.78, 5) is 9.77. The standard InChI is InChI=1S/C19H20N4O2S/c1-20-19(22-11-15-9-13-5-2-3-6-16(13)25-15)21-10-14-12-24-18(23-14)17-7-4-8-26-17/h2-8,12,15H,9-11H2,1H3,(H2,20,21,22). The summed E-state index contributed by atoms with van der Waals surface area (Å²) >= 11 is 1.61. The number of thiophene rings is 1. The van der Waals surface area contributed by atoms with Crippen LogP contribution in [0, 0.1) is 0 Å². The second-order valence-corrected chi connectivity index (χ2v) is 6.93. The van der Waals surface area contributed by atoms with Crippen LogP contribution in [0.1, 0.15) is 11.3 Å². The number of guanidine groups is 1. The molecule has 1 aliphatic heterocycles. The molecule has 0 spiro atoms. The summed E-state index contributed by atoms with van der Waals surface area (Å²) in [6, 6.07) is 12.1. The third-order valence-corrected chi connectivity index (χ3v) is 5.01. The molecule has 26 heavy (non-hydrogen) atoms. The van der Waals surface area contributed by atoms with Crippen LogP contribution in [-0.4, -0.2) is 30.6 Å². The zero-order valence-corrected chi connectivity index (χ0v) is 15.3. The van der Waals surface area contributed by atoms with Crippen LogP contribution in [0.4, 0.5) is 0 Å². The molecule has 0 saturated carbocycles. The number of nitrogens with zero attached hydrogens (tertiary/aromatic N) is 2. The number of hydrogen-bond acceptors (Lipinski definition) is 5. The van der Waals surface area contributed by atoms with E-state index in [9.17, 15) is 0 Å². The normalized spacial score (nSPS) is 16.2. The number of ether oxygens (including phenoxy) is 1. The zero-order chi connectivity index (χ0) is 17.8. The summed E-state index contributed by atoms with van der Waals surface area (Å²) in [6.07, 6.45) is 2.70. The molecule has 1 aliphatic rings. The average molecular weight is 368 g/mol. The van der Waals surface area contributed by atoms with Crippen LogP contribution in [0.2, 0.25) is 0 Å². The summed E-state index contributed by atoms with van der Waals surface area (Å²) < 4.78 is 11.5. The Bertz CT molecular complexity index is 864. The number of nitrogens with one attached hydrogen (secondary N) is 2. The smallest absolute Gasteiger partial charge is 0.236 e. The Morgan fingerprint density at radius 3 is 3.00 bits per heavy atom. The number of fused-ring (bicyclic) bond motifs is 1. The van der Waals surface area contributed by atoms with Gasteiger partial charge in [-0.15, -0.1) is 11.3 Å². The molecule has 1 atom stereocenters. The van der Waals surface area contributed by atoms with Crippen molar-refractivity contribution in [2.24, 2.45) is 4.99 Å². The van der Waals surface area contributed by atoms with E-state index in [0.29, 0.717) is 24.9 Å². The molecule has 0 amide bonds. The highest BCUT2D eigenvalue weighted by Gasteiger charge is 2.22. The van der Waals surface area contributed by atoms with Gasteiger partial charge in [0.1, 0.15) is 18.1 Å². The molecule has 6 nitrogen and oxygen atoms in total. The molecular weight excluding hydrogens is 348 g/mol. The SMILES string of the molecule is CN=C(NCc1coc(-c2cccs2)n1)NCC1Cc2ccccc2O1. The number of benzene rings is 1.